The first-order valence-corrected chi connectivity index (χ1v) is 6.84. The molecule has 0 spiro atoms. The molecule has 0 aromatic heterocycles. The summed E-state index contributed by atoms with van der Waals surface area (Å²) in [5.41, 5.74) is 4.26. The van der Waals surface area contributed by atoms with Crippen LogP contribution in [0.25, 0.3) is 0 Å². The first kappa shape index (κ1) is 12.6. The largest absolute Gasteiger partial charge is 0.396 e. The lowest BCUT2D eigenvalue weighted by Crippen LogP contribution is -2.03. The summed E-state index contributed by atoms with van der Waals surface area (Å²) in [5.74, 6) is 1.76. The Bertz CT molecular complexity index is 377. The van der Waals surface area contributed by atoms with Crippen molar-refractivity contribution in [2.45, 2.75) is 51.9 Å². The summed E-state index contributed by atoms with van der Waals surface area (Å²) in [6.07, 6.45) is 3.84. The molecule has 0 amide bonds. The predicted molar refractivity (Wildman–Crippen MR) is 72.5 cm³/mol. The lowest BCUT2D eigenvalue weighted by atomic mass is 9.92. The van der Waals surface area contributed by atoms with Gasteiger partial charge in [-0.3, -0.25) is 0 Å². The molecule has 1 atom stereocenters. The van der Waals surface area contributed by atoms with Gasteiger partial charge in [0.05, 0.1) is 0 Å². The van der Waals surface area contributed by atoms with E-state index in [9.17, 15) is 5.11 Å². The highest BCUT2D eigenvalue weighted by molar-refractivity contribution is 5.36. The minimum Gasteiger partial charge on any atom is -0.396 e. The van der Waals surface area contributed by atoms with E-state index in [-0.39, 0.29) is 12.5 Å². The molecule has 1 N–H and O–H groups in total. The van der Waals surface area contributed by atoms with Gasteiger partial charge in [-0.05, 0) is 47.8 Å². The Morgan fingerprint density at radius 2 is 1.88 bits per heavy atom. The van der Waals surface area contributed by atoms with Crippen LogP contribution in [-0.2, 0) is 6.42 Å². The number of aliphatic hydroxyl groups excluding tert-OH is 1. The first-order valence-electron chi connectivity index (χ1n) is 6.84. The Morgan fingerprint density at radius 3 is 2.41 bits per heavy atom. The zero-order valence-electron chi connectivity index (χ0n) is 11.2. The smallest absolute Gasteiger partial charge is 0.0497 e. The van der Waals surface area contributed by atoms with Gasteiger partial charge >= 0.3 is 0 Å². The first-order chi connectivity index (χ1) is 8.10. The van der Waals surface area contributed by atoms with Gasteiger partial charge in [0, 0.05) is 12.5 Å². The summed E-state index contributed by atoms with van der Waals surface area (Å²) in [7, 11) is 0. The number of rotatable bonds is 5. The highest BCUT2D eigenvalue weighted by Crippen LogP contribution is 2.41. The average Bonchev–Trinajstić information content (AvgIpc) is 3.10. The van der Waals surface area contributed by atoms with E-state index in [0.717, 1.165) is 12.3 Å². The van der Waals surface area contributed by atoms with Crippen molar-refractivity contribution in [1.29, 1.82) is 0 Å². The zero-order valence-corrected chi connectivity index (χ0v) is 11.2. The molecular weight excluding hydrogens is 208 g/mol. The van der Waals surface area contributed by atoms with E-state index in [1.165, 1.54) is 29.5 Å². The maximum atomic E-state index is 9.31. The van der Waals surface area contributed by atoms with Crippen molar-refractivity contribution in [3.8, 4) is 0 Å². The van der Waals surface area contributed by atoms with Crippen molar-refractivity contribution in [2.75, 3.05) is 6.61 Å². The second-order valence-electron chi connectivity index (χ2n) is 5.96. The summed E-state index contributed by atoms with van der Waals surface area (Å²) < 4.78 is 0. The highest BCUT2D eigenvalue weighted by Gasteiger charge is 2.24. The van der Waals surface area contributed by atoms with Crippen LogP contribution in [0.2, 0.25) is 0 Å². The van der Waals surface area contributed by atoms with E-state index in [4.69, 9.17) is 0 Å². The number of aliphatic hydroxyl groups is 1. The van der Waals surface area contributed by atoms with Gasteiger partial charge in [-0.1, -0.05) is 39.0 Å². The third-order valence-electron chi connectivity index (χ3n) is 3.57. The molecule has 0 radical (unpaired) electrons. The number of hydrogen-bond acceptors (Lipinski definition) is 1. The van der Waals surface area contributed by atoms with Crippen LogP contribution in [0.3, 0.4) is 0 Å². The van der Waals surface area contributed by atoms with Gasteiger partial charge in [0.25, 0.3) is 0 Å². The van der Waals surface area contributed by atoms with E-state index in [2.05, 4.69) is 39.0 Å². The van der Waals surface area contributed by atoms with E-state index in [1.54, 1.807) is 0 Å². The Morgan fingerprint density at radius 1 is 1.18 bits per heavy atom. The molecule has 2 rings (SSSR count). The highest BCUT2D eigenvalue weighted by atomic mass is 16.3. The van der Waals surface area contributed by atoms with Crippen LogP contribution in [0.5, 0.6) is 0 Å². The summed E-state index contributed by atoms with van der Waals surface area (Å²) in [6, 6.07) is 6.97. The molecule has 1 aliphatic carbocycles. The van der Waals surface area contributed by atoms with Crippen molar-refractivity contribution in [2.24, 2.45) is 5.92 Å². The molecule has 17 heavy (non-hydrogen) atoms. The third kappa shape index (κ3) is 3.32. The number of hydrogen-bond donors (Lipinski definition) is 1. The van der Waals surface area contributed by atoms with Crippen LogP contribution in [0.1, 0.15) is 62.1 Å². The fourth-order valence-electron chi connectivity index (χ4n) is 2.38. The van der Waals surface area contributed by atoms with E-state index in [1.807, 2.05) is 0 Å². The van der Waals surface area contributed by atoms with Crippen molar-refractivity contribution in [3.63, 3.8) is 0 Å². The minimum absolute atomic E-state index is 0.245. The van der Waals surface area contributed by atoms with Crippen molar-refractivity contribution in [1.82, 2.24) is 0 Å². The van der Waals surface area contributed by atoms with E-state index < -0.39 is 0 Å². The fourth-order valence-corrected chi connectivity index (χ4v) is 2.38. The lowest BCUT2D eigenvalue weighted by Gasteiger charge is -2.14. The maximum Gasteiger partial charge on any atom is 0.0497 e. The molecule has 0 saturated heterocycles. The molecule has 1 aliphatic rings. The quantitative estimate of drug-likeness (QED) is 0.817. The summed E-state index contributed by atoms with van der Waals surface area (Å²) in [5, 5.41) is 9.31. The van der Waals surface area contributed by atoms with Gasteiger partial charge in [-0.15, -0.1) is 0 Å². The average molecular weight is 232 g/mol. The minimum atomic E-state index is 0.245. The van der Waals surface area contributed by atoms with Crippen LogP contribution in [0, 0.1) is 5.92 Å². The molecule has 1 heteroatoms. The molecule has 0 bridgehead atoms. The SMILES string of the molecule is CC(C)Cc1cc(C(C)CO)cc(C2CC2)c1. The van der Waals surface area contributed by atoms with Crippen molar-refractivity contribution in [3.05, 3.63) is 34.9 Å². The molecule has 0 aliphatic heterocycles. The molecule has 94 valence electrons. The van der Waals surface area contributed by atoms with Crippen LogP contribution < -0.4 is 0 Å². The van der Waals surface area contributed by atoms with Crippen LogP contribution in [0.15, 0.2) is 18.2 Å². The van der Waals surface area contributed by atoms with Crippen LogP contribution in [-0.4, -0.2) is 11.7 Å². The molecule has 1 aromatic rings. The Kier molecular flexibility index (Phi) is 3.88. The van der Waals surface area contributed by atoms with E-state index in [0.29, 0.717) is 5.92 Å². The van der Waals surface area contributed by atoms with Gasteiger partial charge in [0.15, 0.2) is 0 Å². The van der Waals surface area contributed by atoms with Gasteiger partial charge in [-0.25, -0.2) is 0 Å². The molecule has 1 nitrogen and oxygen atoms in total. The van der Waals surface area contributed by atoms with E-state index >= 15 is 0 Å². The third-order valence-corrected chi connectivity index (χ3v) is 3.57. The van der Waals surface area contributed by atoms with Gasteiger partial charge in [-0.2, -0.15) is 0 Å². The van der Waals surface area contributed by atoms with Gasteiger partial charge < -0.3 is 5.11 Å². The van der Waals surface area contributed by atoms with Crippen LogP contribution >= 0.6 is 0 Å². The monoisotopic (exact) mass is 232 g/mol. The lowest BCUT2D eigenvalue weighted by molar-refractivity contribution is 0.273. The summed E-state index contributed by atoms with van der Waals surface area (Å²) in [4.78, 5) is 0. The normalized spacial score (nSPS) is 17.5. The zero-order chi connectivity index (χ0) is 12.4. The summed E-state index contributed by atoms with van der Waals surface area (Å²) >= 11 is 0. The molecule has 1 aromatic carbocycles. The van der Waals surface area contributed by atoms with Crippen molar-refractivity contribution < 1.29 is 5.11 Å². The molecule has 1 unspecified atom stereocenters. The van der Waals surface area contributed by atoms with Crippen LogP contribution in [0.4, 0.5) is 0 Å². The summed E-state index contributed by atoms with van der Waals surface area (Å²) in [6.45, 7) is 6.87. The standard InChI is InChI=1S/C16H24O/c1-11(2)6-13-7-15(12(3)10-17)9-16(8-13)14-4-5-14/h7-9,11-12,14,17H,4-6,10H2,1-3H3. The van der Waals surface area contributed by atoms with Gasteiger partial charge in [0.1, 0.15) is 0 Å². The Hall–Kier alpha value is -0.820. The molecule has 1 saturated carbocycles. The second kappa shape index (κ2) is 5.22. The van der Waals surface area contributed by atoms with Crippen molar-refractivity contribution >= 4 is 0 Å². The molecule has 0 heterocycles. The topological polar surface area (TPSA) is 20.2 Å². The Balaban J connectivity index is 2.28. The number of benzene rings is 1. The maximum absolute atomic E-state index is 9.31. The fraction of sp³-hybridized carbons (Fsp3) is 0.625. The van der Waals surface area contributed by atoms with Gasteiger partial charge in [0.2, 0.25) is 0 Å². The molecule has 1 fully saturated rings. The molecular formula is C16H24O. The second-order valence-corrected chi connectivity index (χ2v) is 5.96. The predicted octanol–water partition coefficient (Wildman–Crippen LogP) is 3.86. The Labute approximate surface area is 105 Å².